The maximum absolute atomic E-state index is 13.5. The Morgan fingerprint density at radius 3 is 2.49 bits per heavy atom. The number of para-hydroxylation sites is 1. The highest BCUT2D eigenvalue weighted by Gasteiger charge is 2.26. The lowest BCUT2D eigenvalue weighted by Crippen LogP contribution is -2.27. The van der Waals surface area contributed by atoms with Crippen LogP contribution in [-0.4, -0.2) is 16.4 Å². The topological polar surface area (TPSA) is 48.0 Å². The molecule has 2 aromatic carbocycles. The molecular formula is C32H42N2O. The monoisotopic (exact) mass is 470 g/mol. The van der Waals surface area contributed by atoms with E-state index < -0.39 is 0 Å². The molecule has 2 saturated carbocycles. The molecule has 2 N–H and O–H groups in total. The first-order valence-electron chi connectivity index (χ1n) is 14.0. The van der Waals surface area contributed by atoms with E-state index in [9.17, 15) is 4.79 Å². The number of fused-ring (bicyclic) bond motifs is 1. The lowest BCUT2D eigenvalue weighted by Gasteiger charge is -2.26. The van der Waals surface area contributed by atoms with Crippen LogP contribution in [0.2, 0.25) is 0 Å². The number of benzene rings is 2. The second-order valence-electron chi connectivity index (χ2n) is 11.5. The lowest BCUT2D eigenvalue weighted by atomic mass is 9.80. The highest BCUT2D eigenvalue weighted by atomic mass is 16.1. The smallest absolute Gasteiger partial charge is 0.134 e. The van der Waals surface area contributed by atoms with E-state index in [1.165, 1.54) is 59.7 Å². The standard InChI is InChI=1S/C32H42N2O/c1-23-8-7-11-26(18-23)30(20-28(35)19-24-14-16-27(33)17-15-24)31-22-34(21-25-9-3-2-4-10-25)32-13-6-5-12-29(31)32/h5-8,11-13,18,22,24-25,27,30H,2-4,9-10,14-17,19-21,33H2,1H3. The zero-order valence-electron chi connectivity index (χ0n) is 21.4. The molecule has 0 bridgehead atoms. The first-order chi connectivity index (χ1) is 17.1. The van der Waals surface area contributed by atoms with Crippen molar-refractivity contribution in [1.29, 1.82) is 0 Å². The van der Waals surface area contributed by atoms with Gasteiger partial charge in [-0.15, -0.1) is 0 Å². The van der Waals surface area contributed by atoms with Crippen LogP contribution in [0.15, 0.2) is 54.7 Å². The third kappa shape index (κ3) is 5.89. The summed E-state index contributed by atoms with van der Waals surface area (Å²) in [6, 6.07) is 18.0. The van der Waals surface area contributed by atoms with Gasteiger partial charge in [0.05, 0.1) is 0 Å². The number of hydrogen-bond donors (Lipinski definition) is 1. The molecule has 0 aliphatic heterocycles. The van der Waals surface area contributed by atoms with Crippen molar-refractivity contribution in [1.82, 2.24) is 4.57 Å². The molecule has 35 heavy (non-hydrogen) atoms. The number of carbonyl (C=O) groups is 1. The first kappa shape index (κ1) is 24.3. The normalized spacial score (nSPS) is 22.3. The summed E-state index contributed by atoms with van der Waals surface area (Å²) in [5.41, 5.74) is 11.3. The Labute approximate surface area is 211 Å². The van der Waals surface area contributed by atoms with E-state index in [0.29, 0.717) is 30.6 Å². The van der Waals surface area contributed by atoms with Gasteiger partial charge in [-0.1, -0.05) is 67.3 Å². The summed E-state index contributed by atoms with van der Waals surface area (Å²) in [5.74, 6) is 1.78. The van der Waals surface area contributed by atoms with Crippen molar-refractivity contribution in [3.8, 4) is 0 Å². The lowest BCUT2D eigenvalue weighted by molar-refractivity contribution is -0.120. The number of aromatic nitrogens is 1. The minimum atomic E-state index is 0.103. The van der Waals surface area contributed by atoms with Gasteiger partial charge in [0, 0.05) is 48.4 Å². The molecule has 1 heterocycles. The second-order valence-corrected chi connectivity index (χ2v) is 11.5. The Kier molecular flexibility index (Phi) is 7.72. The van der Waals surface area contributed by atoms with E-state index >= 15 is 0 Å². The predicted octanol–water partition coefficient (Wildman–Crippen LogP) is 7.53. The Morgan fingerprint density at radius 1 is 0.943 bits per heavy atom. The fraction of sp³-hybridized carbons (Fsp3) is 0.531. The molecule has 2 fully saturated rings. The second kappa shape index (κ2) is 11.1. The molecule has 1 aromatic heterocycles. The maximum Gasteiger partial charge on any atom is 0.134 e. The highest BCUT2D eigenvalue weighted by Crippen LogP contribution is 2.37. The fourth-order valence-electron chi connectivity index (χ4n) is 6.67. The first-order valence-corrected chi connectivity index (χ1v) is 14.0. The van der Waals surface area contributed by atoms with Gasteiger partial charge in [-0.25, -0.2) is 0 Å². The van der Waals surface area contributed by atoms with Crippen LogP contribution in [0.4, 0.5) is 0 Å². The van der Waals surface area contributed by atoms with E-state index in [4.69, 9.17) is 5.73 Å². The predicted molar refractivity (Wildman–Crippen MR) is 146 cm³/mol. The van der Waals surface area contributed by atoms with Gasteiger partial charge < -0.3 is 10.3 Å². The van der Waals surface area contributed by atoms with Crippen LogP contribution >= 0.6 is 0 Å². The average Bonchev–Trinajstić information content (AvgIpc) is 3.23. The van der Waals surface area contributed by atoms with Crippen LogP contribution in [0.5, 0.6) is 0 Å². The average molecular weight is 471 g/mol. The number of nitrogens with zero attached hydrogens (tertiary/aromatic N) is 1. The zero-order chi connectivity index (χ0) is 24.2. The number of Topliss-reactive ketones (excluding diaryl/α,β-unsaturated/α-hetero) is 1. The van der Waals surface area contributed by atoms with E-state index in [-0.39, 0.29) is 5.92 Å². The molecule has 0 amide bonds. The Hall–Kier alpha value is -2.39. The summed E-state index contributed by atoms with van der Waals surface area (Å²) < 4.78 is 2.50. The van der Waals surface area contributed by atoms with Crippen LogP contribution in [0.25, 0.3) is 10.9 Å². The van der Waals surface area contributed by atoms with Crippen molar-refractivity contribution < 1.29 is 4.79 Å². The zero-order valence-corrected chi connectivity index (χ0v) is 21.4. The highest BCUT2D eigenvalue weighted by molar-refractivity contribution is 5.87. The summed E-state index contributed by atoms with van der Waals surface area (Å²) in [7, 11) is 0. The molecule has 186 valence electrons. The number of aryl methyl sites for hydroxylation is 1. The molecule has 2 aliphatic carbocycles. The summed E-state index contributed by atoms with van der Waals surface area (Å²) in [6.45, 7) is 3.25. The molecule has 0 spiro atoms. The number of carbonyl (C=O) groups excluding carboxylic acids is 1. The summed E-state index contributed by atoms with van der Waals surface area (Å²) in [4.78, 5) is 13.5. The Morgan fingerprint density at radius 2 is 1.71 bits per heavy atom. The summed E-state index contributed by atoms with van der Waals surface area (Å²) in [5, 5.41) is 1.31. The number of hydrogen-bond acceptors (Lipinski definition) is 2. The Bertz CT molecular complexity index is 1130. The minimum absolute atomic E-state index is 0.103. The maximum atomic E-state index is 13.5. The molecule has 3 heteroatoms. The number of nitrogens with two attached hydrogens (primary N) is 1. The fourth-order valence-corrected chi connectivity index (χ4v) is 6.67. The molecular weight excluding hydrogens is 428 g/mol. The van der Waals surface area contributed by atoms with Crippen molar-refractivity contribution in [2.24, 2.45) is 17.6 Å². The van der Waals surface area contributed by atoms with Gasteiger partial charge in [-0.3, -0.25) is 4.79 Å². The van der Waals surface area contributed by atoms with Crippen molar-refractivity contribution in [3.63, 3.8) is 0 Å². The number of rotatable bonds is 8. The number of ketones is 1. The van der Waals surface area contributed by atoms with Gasteiger partial charge in [-0.05, 0) is 74.5 Å². The molecule has 1 atom stereocenters. The molecule has 0 radical (unpaired) electrons. The minimum Gasteiger partial charge on any atom is -0.347 e. The van der Waals surface area contributed by atoms with Crippen molar-refractivity contribution in [3.05, 3.63) is 71.4 Å². The molecule has 5 rings (SSSR count). The van der Waals surface area contributed by atoms with Crippen LogP contribution in [0, 0.1) is 18.8 Å². The molecule has 3 nitrogen and oxygen atoms in total. The molecule has 3 aromatic rings. The van der Waals surface area contributed by atoms with E-state index in [1.807, 2.05) is 0 Å². The Balaban J connectivity index is 1.45. The SMILES string of the molecule is Cc1cccc(C(CC(=O)CC2CCC(N)CC2)c2cn(CC3CCCCC3)c3ccccc23)c1. The van der Waals surface area contributed by atoms with Crippen molar-refractivity contribution in [2.75, 3.05) is 0 Å². The van der Waals surface area contributed by atoms with Crippen LogP contribution in [-0.2, 0) is 11.3 Å². The van der Waals surface area contributed by atoms with Gasteiger partial charge in [0.1, 0.15) is 5.78 Å². The van der Waals surface area contributed by atoms with Crippen LogP contribution in [0.1, 0.15) is 93.2 Å². The van der Waals surface area contributed by atoms with Crippen molar-refractivity contribution in [2.45, 2.75) is 96.1 Å². The molecule has 2 aliphatic rings. The van der Waals surface area contributed by atoms with Crippen molar-refractivity contribution >= 4 is 16.7 Å². The molecule has 0 saturated heterocycles. The van der Waals surface area contributed by atoms with Gasteiger partial charge in [-0.2, -0.15) is 0 Å². The van der Waals surface area contributed by atoms with Crippen LogP contribution in [0.3, 0.4) is 0 Å². The van der Waals surface area contributed by atoms with Gasteiger partial charge >= 0.3 is 0 Å². The molecule has 1 unspecified atom stereocenters. The van der Waals surface area contributed by atoms with Gasteiger partial charge in [0.15, 0.2) is 0 Å². The van der Waals surface area contributed by atoms with E-state index in [1.54, 1.807) is 0 Å². The quantitative estimate of drug-likeness (QED) is 0.370. The van der Waals surface area contributed by atoms with Crippen LogP contribution < -0.4 is 5.73 Å². The van der Waals surface area contributed by atoms with Gasteiger partial charge in [0.2, 0.25) is 0 Å². The summed E-state index contributed by atoms with van der Waals surface area (Å²) >= 11 is 0. The third-order valence-electron chi connectivity index (χ3n) is 8.66. The van der Waals surface area contributed by atoms with E-state index in [0.717, 1.165) is 38.1 Å². The third-order valence-corrected chi connectivity index (χ3v) is 8.66. The summed E-state index contributed by atoms with van der Waals surface area (Å²) in [6.07, 6.45) is 14.8. The largest absolute Gasteiger partial charge is 0.347 e. The van der Waals surface area contributed by atoms with Gasteiger partial charge in [0.25, 0.3) is 0 Å². The van der Waals surface area contributed by atoms with E-state index in [2.05, 4.69) is 66.2 Å².